The van der Waals surface area contributed by atoms with Crippen molar-refractivity contribution in [2.45, 2.75) is 31.3 Å². The van der Waals surface area contributed by atoms with E-state index < -0.39 is 0 Å². The average Bonchev–Trinajstić information content (AvgIpc) is 3.52. The minimum atomic E-state index is 0.0797. The lowest BCUT2D eigenvalue weighted by molar-refractivity contribution is 0.0710. The maximum absolute atomic E-state index is 13.7. The number of likely N-dealkylation sites (tertiary alicyclic amines) is 1. The number of nitrogens with zero attached hydrogens (tertiary/aromatic N) is 2. The van der Waals surface area contributed by atoms with Gasteiger partial charge in [-0.25, -0.2) is 0 Å². The number of benzene rings is 3. The molecule has 6 nitrogen and oxygen atoms in total. The molecule has 0 aromatic heterocycles. The molecule has 3 aromatic rings. The highest BCUT2D eigenvalue weighted by molar-refractivity contribution is 5.95. The molecule has 186 valence electrons. The van der Waals surface area contributed by atoms with E-state index in [4.69, 9.17) is 14.2 Å². The molecule has 2 heterocycles. The molecule has 0 spiro atoms. The molecule has 36 heavy (non-hydrogen) atoms. The highest BCUT2D eigenvalue weighted by Gasteiger charge is 2.41. The van der Waals surface area contributed by atoms with Crippen LogP contribution < -0.4 is 14.2 Å². The molecule has 3 aromatic carbocycles. The van der Waals surface area contributed by atoms with Gasteiger partial charge in [-0.15, -0.1) is 0 Å². The number of carbonyl (C=O) groups excluding carboxylic acids is 1. The van der Waals surface area contributed by atoms with Gasteiger partial charge in [-0.05, 0) is 54.2 Å². The summed E-state index contributed by atoms with van der Waals surface area (Å²) in [5.74, 6) is 2.95. The second-order valence-corrected chi connectivity index (χ2v) is 10.0. The van der Waals surface area contributed by atoms with E-state index in [0.717, 1.165) is 44.8 Å². The van der Waals surface area contributed by atoms with Crippen molar-refractivity contribution in [2.24, 2.45) is 5.92 Å². The summed E-state index contributed by atoms with van der Waals surface area (Å²) in [4.78, 5) is 18.4. The highest BCUT2D eigenvalue weighted by Crippen LogP contribution is 2.41. The van der Waals surface area contributed by atoms with E-state index in [9.17, 15) is 4.79 Å². The van der Waals surface area contributed by atoms with Gasteiger partial charge in [0, 0.05) is 43.7 Å². The molecule has 0 N–H and O–H groups in total. The van der Waals surface area contributed by atoms with Crippen LogP contribution in [0.2, 0.25) is 0 Å². The number of amides is 1. The third kappa shape index (κ3) is 4.65. The summed E-state index contributed by atoms with van der Waals surface area (Å²) in [6, 6.07) is 24.8. The number of hydrogen-bond donors (Lipinski definition) is 0. The van der Waals surface area contributed by atoms with E-state index in [2.05, 4.69) is 52.3 Å². The lowest BCUT2D eigenvalue weighted by Crippen LogP contribution is -2.39. The predicted octanol–water partition coefficient (Wildman–Crippen LogP) is 4.94. The summed E-state index contributed by atoms with van der Waals surface area (Å²) in [6.45, 7) is 3.72. The van der Waals surface area contributed by atoms with Crippen molar-refractivity contribution < 1.29 is 19.0 Å². The SMILES string of the molecule is COc1ccccc1C1CN(Cc2ccccc2)CC1CN(C(=O)c1ccc2c(c1)OCO2)C1CC1. The minimum Gasteiger partial charge on any atom is -0.496 e. The van der Waals surface area contributed by atoms with Crippen LogP contribution >= 0.6 is 0 Å². The topological polar surface area (TPSA) is 51.2 Å². The van der Waals surface area contributed by atoms with Crippen LogP contribution in [0, 0.1) is 5.92 Å². The Morgan fingerprint density at radius 3 is 2.56 bits per heavy atom. The Morgan fingerprint density at radius 1 is 0.972 bits per heavy atom. The second-order valence-electron chi connectivity index (χ2n) is 10.0. The van der Waals surface area contributed by atoms with Crippen LogP contribution in [0.15, 0.2) is 72.8 Å². The van der Waals surface area contributed by atoms with Crippen molar-refractivity contribution in [2.75, 3.05) is 33.5 Å². The van der Waals surface area contributed by atoms with E-state index in [1.54, 1.807) is 7.11 Å². The third-order valence-corrected chi connectivity index (χ3v) is 7.60. The van der Waals surface area contributed by atoms with Crippen molar-refractivity contribution in [1.82, 2.24) is 9.80 Å². The van der Waals surface area contributed by atoms with Crippen molar-refractivity contribution in [3.05, 3.63) is 89.5 Å². The van der Waals surface area contributed by atoms with E-state index >= 15 is 0 Å². The number of para-hydroxylation sites is 1. The van der Waals surface area contributed by atoms with Crippen LogP contribution in [0.5, 0.6) is 17.2 Å². The maximum Gasteiger partial charge on any atom is 0.254 e. The fraction of sp³-hybridized carbons (Fsp3) is 0.367. The van der Waals surface area contributed by atoms with Gasteiger partial charge in [0.1, 0.15) is 5.75 Å². The third-order valence-electron chi connectivity index (χ3n) is 7.60. The molecule has 2 unspecified atom stereocenters. The van der Waals surface area contributed by atoms with E-state index in [1.165, 1.54) is 11.1 Å². The second kappa shape index (κ2) is 9.86. The number of methoxy groups -OCH3 is 1. The zero-order valence-electron chi connectivity index (χ0n) is 20.6. The van der Waals surface area contributed by atoms with Gasteiger partial charge in [-0.1, -0.05) is 48.5 Å². The molecular weight excluding hydrogens is 452 g/mol. The number of ether oxygens (including phenoxy) is 3. The molecule has 6 heteroatoms. The van der Waals surface area contributed by atoms with Crippen LogP contribution in [0.1, 0.15) is 40.2 Å². The van der Waals surface area contributed by atoms with Gasteiger partial charge < -0.3 is 19.1 Å². The number of carbonyl (C=O) groups is 1. The zero-order chi connectivity index (χ0) is 24.5. The smallest absolute Gasteiger partial charge is 0.254 e. The number of rotatable bonds is 8. The molecule has 6 rings (SSSR count). The van der Waals surface area contributed by atoms with Crippen LogP contribution in [0.25, 0.3) is 0 Å². The first-order valence-electron chi connectivity index (χ1n) is 12.8. The Hall–Kier alpha value is -3.51. The van der Waals surface area contributed by atoms with Gasteiger partial charge in [0.25, 0.3) is 5.91 Å². The fourth-order valence-corrected chi connectivity index (χ4v) is 5.67. The van der Waals surface area contributed by atoms with Crippen LogP contribution in [-0.4, -0.2) is 55.3 Å². The monoisotopic (exact) mass is 484 g/mol. The van der Waals surface area contributed by atoms with Gasteiger partial charge >= 0.3 is 0 Å². The largest absolute Gasteiger partial charge is 0.496 e. The van der Waals surface area contributed by atoms with Crippen molar-refractivity contribution in [3.8, 4) is 17.2 Å². The van der Waals surface area contributed by atoms with Crippen LogP contribution in [0.4, 0.5) is 0 Å². The summed E-state index contributed by atoms with van der Waals surface area (Å²) in [7, 11) is 1.74. The number of hydrogen-bond acceptors (Lipinski definition) is 5. The predicted molar refractivity (Wildman–Crippen MR) is 138 cm³/mol. The first kappa shape index (κ1) is 22.9. The molecule has 1 aliphatic carbocycles. The molecule has 0 radical (unpaired) electrons. The molecule has 0 bridgehead atoms. The lowest BCUT2D eigenvalue weighted by atomic mass is 9.87. The fourth-order valence-electron chi connectivity index (χ4n) is 5.67. The molecular formula is C30H32N2O4. The van der Waals surface area contributed by atoms with Crippen molar-refractivity contribution in [1.29, 1.82) is 0 Å². The standard InChI is InChI=1S/C30H32N2O4/c1-34-27-10-6-5-9-25(27)26-19-31(16-21-7-3-2-4-8-21)17-23(26)18-32(24-12-13-24)30(33)22-11-14-28-29(15-22)36-20-35-28/h2-11,14-15,23-24,26H,12-13,16-20H2,1H3. The van der Waals surface area contributed by atoms with Crippen LogP contribution in [-0.2, 0) is 6.54 Å². The van der Waals surface area contributed by atoms with Gasteiger partial charge in [-0.2, -0.15) is 0 Å². The Morgan fingerprint density at radius 2 is 1.75 bits per heavy atom. The van der Waals surface area contributed by atoms with E-state index in [-0.39, 0.29) is 18.6 Å². The summed E-state index contributed by atoms with van der Waals surface area (Å²) < 4.78 is 16.7. The van der Waals surface area contributed by atoms with Crippen LogP contribution in [0.3, 0.4) is 0 Å². The summed E-state index contributed by atoms with van der Waals surface area (Å²) in [6.07, 6.45) is 2.13. The van der Waals surface area contributed by atoms with Gasteiger partial charge in [0.15, 0.2) is 11.5 Å². The van der Waals surface area contributed by atoms with E-state index in [0.29, 0.717) is 29.0 Å². The molecule has 1 amide bonds. The first-order valence-corrected chi connectivity index (χ1v) is 12.8. The molecule has 2 fully saturated rings. The summed E-state index contributed by atoms with van der Waals surface area (Å²) >= 11 is 0. The highest BCUT2D eigenvalue weighted by atomic mass is 16.7. The first-order chi connectivity index (χ1) is 17.7. The van der Waals surface area contributed by atoms with E-state index in [1.807, 2.05) is 30.3 Å². The van der Waals surface area contributed by atoms with Gasteiger partial charge in [0.05, 0.1) is 7.11 Å². The van der Waals surface area contributed by atoms with Crippen molar-refractivity contribution in [3.63, 3.8) is 0 Å². The van der Waals surface area contributed by atoms with Gasteiger partial charge in [-0.3, -0.25) is 9.69 Å². The molecule has 2 aliphatic heterocycles. The van der Waals surface area contributed by atoms with Crippen molar-refractivity contribution >= 4 is 5.91 Å². The number of fused-ring (bicyclic) bond motifs is 1. The molecule has 3 aliphatic rings. The summed E-state index contributed by atoms with van der Waals surface area (Å²) in [5, 5.41) is 0. The molecule has 1 saturated carbocycles. The Balaban J connectivity index is 1.27. The lowest BCUT2D eigenvalue weighted by Gasteiger charge is -2.29. The molecule has 1 saturated heterocycles. The Kier molecular flexibility index (Phi) is 6.28. The zero-order valence-corrected chi connectivity index (χ0v) is 20.6. The maximum atomic E-state index is 13.7. The Labute approximate surface area is 212 Å². The Bertz CT molecular complexity index is 1230. The van der Waals surface area contributed by atoms with Gasteiger partial charge in [0.2, 0.25) is 6.79 Å². The molecule has 2 atom stereocenters. The average molecular weight is 485 g/mol. The summed E-state index contributed by atoms with van der Waals surface area (Å²) in [5.41, 5.74) is 3.21. The quantitative estimate of drug-likeness (QED) is 0.453. The minimum absolute atomic E-state index is 0.0797. The normalized spacial score (nSPS) is 20.9.